The summed E-state index contributed by atoms with van der Waals surface area (Å²) in [6, 6.07) is 10.9. The van der Waals surface area contributed by atoms with Crippen LogP contribution < -0.4 is 0 Å². The Morgan fingerprint density at radius 2 is 1.87 bits per heavy atom. The molecule has 0 atom stereocenters. The molecule has 2 rings (SSSR count). The minimum absolute atomic E-state index is 0.378. The molecule has 0 saturated heterocycles. The molecule has 1 heterocycles. The third kappa shape index (κ3) is 1.96. The van der Waals surface area contributed by atoms with E-state index in [4.69, 9.17) is 0 Å². The second-order valence-corrected chi connectivity index (χ2v) is 2.87. The van der Waals surface area contributed by atoms with Crippen LogP contribution in [0.3, 0.4) is 0 Å². The molecule has 0 aliphatic heterocycles. The molecule has 0 radical (unpaired) electrons. The van der Waals surface area contributed by atoms with E-state index in [1.165, 1.54) is 6.20 Å². The van der Waals surface area contributed by atoms with Gasteiger partial charge in [0.1, 0.15) is 6.20 Å². The number of rotatable bonds is 2. The molecule has 1 aromatic heterocycles. The van der Waals surface area contributed by atoms with Crippen LogP contribution in [-0.2, 0) is 0 Å². The topological polar surface area (TPSA) is 68.9 Å². The van der Waals surface area contributed by atoms with Gasteiger partial charge in [0.25, 0.3) is 0 Å². The number of hydrogen-bond acceptors (Lipinski definition) is 4. The molecular formula is C10H7N3O2. The lowest BCUT2D eigenvalue weighted by molar-refractivity contribution is -0.394. The third-order valence-electron chi connectivity index (χ3n) is 1.88. The average Bonchev–Trinajstić information content (AvgIpc) is 2.30. The highest BCUT2D eigenvalue weighted by Gasteiger charge is 2.11. The van der Waals surface area contributed by atoms with Gasteiger partial charge in [0.2, 0.25) is 0 Å². The van der Waals surface area contributed by atoms with E-state index in [1.807, 2.05) is 30.3 Å². The monoisotopic (exact) mass is 201 g/mol. The molecule has 0 bridgehead atoms. The van der Waals surface area contributed by atoms with Gasteiger partial charge < -0.3 is 10.1 Å². The maximum atomic E-state index is 10.5. The fourth-order valence-electron chi connectivity index (χ4n) is 1.21. The first-order chi connectivity index (χ1) is 7.27. The summed E-state index contributed by atoms with van der Waals surface area (Å²) in [5.41, 5.74) is 1.39. The minimum Gasteiger partial charge on any atom is -0.390 e. The van der Waals surface area contributed by atoms with Gasteiger partial charge in [0.05, 0.1) is 0 Å². The van der Waals surface area contributed by atoms with Crippen LogP contribution in [0.4, 0.5) is 5.95 Å². The van der Waals surface area contributed by atoms with Gasteiger partial charge in [-0.2, -0.15) is 0 Å². The number of nitro groups is 1. The molecule has 0 saturated carbocycles. The zero-order valence-corrected chi connectivity index (χ0v) is 7.70. The fourth-order valence-corrected chi connectivity index (χ4v) is 1.21. The first kappa shape index (κ1) is 9.26. The van der Waals surface area contributed by atoms with Crippen LogP contribution in [0.2, 0.25) is 0 Å². The lowest BCUT2D eigenvalue weighted by Crippen LogP contribution is -1.96. The Bertz CT molecular complexity index is 485. The van der Waals surface area contributed by atoms with Gasteiger partial charge in [-0.15, -0.1) is 0 Å². The average molecular weight is 201 g/mol. The molecule has 0 fully saturated rings. The van der Waals surface area contributed by atoms with Crippen molar-refractivity contribution in [3.63, 3.8) is 0 Å². The molecule has 0 aliphatic rings. The molecule has 5 heteroatoms. The molecule has 0 spiro atoms. The summed E-state index contributed by atoms with van der Waals surface area (Å²) in [6.07, 6.45) is 1.38. The van der Waals surface area contributed by atoms with E-state index >= 15 is 0 Å². The Hall–Kier alpha value is -2.30. The second kappa shape index (κ2) is 3.83. The molecule has 0 aliphatic carbocycles. The van der Waals surface area contributed by atoms with Crippen LogP contribution in [0, 0.1) is 10.1 Å². The van der Waals surface area contributed by atoms with Crippen molar-refractivity contribution in [3.8, 4) is 11.3 Å². The number of hydrogen-bond donors (Lipinski definition) is 0. The first-order valence-electron chi connectivity index (χ1n) is 4.30. The quantitative estimate of drug-likeness (QED) is 0.550. The highest BCUT2D eigenvalue weighted by Crippen LogP contribution is 2.17. The van der Waals surface area contributed by atoms with Crippen molar-refractivity contribution in [2.24, 2.45) is 0 Å². The van der Waals surface area contributed by atoms with Crippen LogP contribution in [-0.4, -0.2) is 14.9 Å². The van der Waals surface area contributed by atoms with Gasteiger partial charge in [0.15, 0.2) is 5.69 Å². The normalized spacial score (nSPS) is 9.87. The maximum Gasteiger partial charge on any atom is 0.469 e. The molecule has 0 N–H and O–H groups in total. The Morgan fingerprint density at radius 3 is 2.53 bits per heavy atom. The predicted molar refractivity (Wildman–Crippen MR) is 54.1 cm³/mol. The van der Waals surface area contributed by atoms with Gasteiger partial charge in [-0.05, 0) is 4.92 Å². The molecule has 1 aromatic carbocycles. The van der Waals surface area contributed by atoms with E-state index < -0.39 is 4.92 Å². The summed E-state index contributed by atoms with van der Waals surface area (Å²) in [5, 5.41) is 10.5. The summed E-state index contributed by atoms with van der Waals surface area (Å²) in [4.78, 5) is 17.2. The highest BCUT2D eigenvalue weighted by atomic mass is 16.6. The predicted octanol–water partition coefficient (Wildman–Crippen LogP) is 2.05. The number of benzene rings is 1. The van der Waals surface area contributed by atoms with Crippen molar-refractivity contribution in [3.05, 3.63) is 52.7 Å². The Balaban J connectivity index is 2.46. The summed E-state index contributed by atoms with van der Waals surface area (Å²) in [6.45, 7) is 0. The van der Waals surface area contributed by atoms with Crippen LogP contribution in [0.15, 0.2) is 42.6 Å². The van der Waals surface area contributed by atoms with E-state index in [0.29, 0.717) is 5.69 Å². The lowest BCUT2D eigenvalue weighted by Gasteiger charge is -1.96. The Morgan fingerprint density at radius 1 is 1.13 bits per heavy atom. The van der Waals surface area contributed by atoms with Crippen LogP contribution in [0.25, 0.3) is 11.3 Å². The van der Waals surface area contributed by atoms with Crippen molar-refractivity contribution in [1.29, 1.82) is 0 Å². The summed E-state index contributed by atoms with van der Waals surface area (Å²) in [5.74, 6) is -0.378. The summed E-state index contributed by atoms with van der Waals surface area (Å²) >= 11 is 0. The van der Waals surface area contributed by atoms with Gasteiger partial charge in [0, 0.05) is 11.6 Å². The Kier molecular flexibility index (Phi) is 2.37. The van der Waals surface area contributed by atoms with E-state index in [1.54, 1.807) is 6.07 Å². The third-order valence-corrected chi connectivity index (χ3v) is 1.88. The highest BCUT2D eigenvalue weighted by molar-refractivity contribution is 5.58. The van der Waals surface area contributed by atoms with E-state index in [2.05, 4.69) is 9.97 Å². The first-order valence-corrected chi connectivity index (χ1v) is 4.30. The van der Waals surface area contributed by atoms with Crippen molar-refractivity contribution in [1.82, 2.24) is 9.97 Å². The van der Waals surface area contributed by atoms with Crippen LogP contribution >= 0.6 is 0 Å². The van der Waals surface area contributed by atoms with Gasteiger partial charge in [-0.1, -0.05) is 40.3 Å². The molecule has 15 heavy (non-hydrogen) atoms. The van der Waals surface area contributed by atoms with Crippen LogP contribution in [0.5, 0.6) is 0 Å². The number of nitrogens with zero attached hydrogens (tertiary/aromatic N) is 3. The molecule has 5 nitrogen and oxygen atoms in total. The Labute approximate surface area is 85.6 Å². The van der Waals surface area contributed by atoms with Crippen molar-refractivity contribution in [2.75, 3.05) is 0 Å². The minimum atomic E-state index is -0.605. The van der Waals surface area contributed by atoms with E-state index in [9.17, 15) is 10.1 Å². The van der Waals surface area contributed by atoms with Crippen LogP contribution in [0.1, 0.15) is 0 Å². The van der Waals surface area contributed by atoms with E-state index in [0.717, 1.165) is 5.56 Å². The number of aromatic nitrogens is 2. The molecule has 74 valence electrons. The molecule has 0 amide bonds. The largest absolute Gasteiger partial charge is 0.469 e. The smallest absolute Gasteiger partial charge is 0.390 e. The maximum absolute atomic E-state index is 10.5. The van der Waals surface area contributed by atoms with Gasteiger partial charge in [-0.3, -0.25) is 0 Å². The van der Waals surface area contributed by atoms with Crippen molar-refractivity contribution < 1.29 is 4.92 Å². The van der Waals surface area contributed by atoms with Crippen molar-refractivity contribution in [2.45, 2.75) is 0 Å². The lowest BCUT2D eigenvalue weighted by atomic mass is 10.1. The summed E-state index contributed by atoms with van der Waals surface area (Å²) in [7, 11) is 0. The van der Waals surface area contributed by atoms with Gasteiger partial charge >= 0.3 is 5.95 Å². The van der Waals surface area contributed by atoms with Gasteiger partial charge in [-0.25, -0.2) is 0 Å². The second-order valence-electron chi connectivity index (χ2n) is 2.87. The van der Waals surface area contributed by atoms with Crippen molar-refractivity contribution >= 4 is 5.95 Å². The SMILES string of the molecule is O=[N+]([O-])c1nccc(-c2ccccc2)n1. The zero-order valence-electron chi connectivity index (χ0n) is 7.70. The summed E-state index contributed by atoms with van der Waals surface area (Å²) < 4.78 is 0. The molecule has 2 aromatic rings. The standard InChI is InChI=1S/C10H7N3O2/c14-13(15)10-11-7-6-9(12-10)8-4-2-1-3-5-8/h1-7H. The fraction of sp³-hybridized carbons (Fsp3) is 0. The molecule has 0 unspecified atom stereocenters. The molecular weight excluding hydrogens is 194 g/mol. The zero-order chi connectivity index (χ0) is 10.7. The van der Waals surface area contributed by atoms with E-state index in [-0.39, 0.29) is 5.95 Å².